The summed E-state index contributed by atoms with van der Waals surface area (Å²) in [6.45, 7) is 5.23. The van der Waals surface area contributed by atoms with Gasteiger partial charge in [-0.15, -0.1) is 35.3 Å². The van der Waals surface area contributed by atoms with Crippen LogP contribution in [-0.2, 0) is 11.3 Å². The lowest BCUT2D eigenvalue weighted by atomic mass is 10.2. The number of hydrogen-bond acceptors (Lipinski definition) is 6. The summed E-state index contributed by atoms with van der Waals surface area (Å²) in [6, 6.07) is 7.86. The molecule has 2 aromatic rings. The smallest absolute Gasteiger partial charge is 0.191 e. The molecule has 1 fully saturated rings. The molecular weight excluding hydrogens is 477 g/mol. The number of aliphatic imine (C=N–C) groups is 1. The van der Waals surface area contributed by atoms with Crippen molar-refractivity contribution in [1.29, 1.82) is 0 Å². The van der Waals surface area contributed by atoms with E-state index in [0.29, 0.717) is 25.7 Å². The summed E-state index contributed by atoms with van der Waals surface area (Å²) in [6.07, 6.45) is 1.84. The van der Waals surface area contributed by atoms with Gasteiger partial charge in [-0.05, 0) is 17.7 Å². The Kier molecular flexibility index (Phi) is 9.08. The molecule has 1 aromatic carbocycles. The van der Waals surface area contributed by atoms with E-state index in [4.69, 9.17) is 15.2 Å². The highest BCUT2D eigenvalue weighted by Crippen LogP contribution is 2.18. The van der Waals surface area contributed by atoms with Crippen LogP contribution in [-0.4, -0.2) is 62.3 Å². The minimum absolute atomic E-state index is 0. The lowest BCUT2D eigenvalue weighted by Gasteiger charge is -2.35. The highest BCUT2D eigenvalue weighted by Gasteiger charge is 2.19. The number of rotatable bonds is 7. The van der Waals surface area contributed by atoms with Gasteiger partial charge in [0.1, 0.15) is 5.75 Å². The van der Waals surface area contributed by atoms with Crippen molar-refractivity contribution in [2.45, 2.75) is 6.61 Å². The highest BCUT2D eigenvalue weighted by molar-refractivity contribution is 14.0. The van der Waals surface area contributed by atoms with Gasteiger partial charge in [-0.3, -0.25) is 4.99 Å². The van der Waals surface area contributed by atoms with Crippen molar-refractivity contribution in [2.75, 3.05) is 51.3 Å². The molecule has 1 saturated heterocycles. The third kappa shape index (κ3) is 6.51. The summed E-state index contributed by atoms with van der Waals surface area (Å²) < 4.78 is 10.8. The zero-order valence-electron chi connectivity index (χ0n) is 15.4. The molecule has 27 heavy (non-hydrogen) atoms. The molecule has 0 amide bonds. The second-order valence-corrected chi connectivity index (χ2v) is 6.80. The molecular formula is C18H26IN5O2S. The van der Waals surface area contributed by atoms with E-state index in [2.05, 4.69) is 19.8 Å². The van der Waals surface area contributed by atoms with Crippen LogP contribution in [0.3, 0.4) is 0 Å². The van der Waals surface area contributed by atoms with E-state index in [0.717, 1.165) is 42.6 Å². The molecule has 148 valence electrons. The summed E-state index contributed by atoms with van der Waals surface area (Å²) in [5.41, 5.74) is 7.22. The van der Waals surface area contributed by atoms with Crippen LogP contribution in [0.5, 0.6) is 5.75 Å². The van der Waals surface area contributed by atoms with Crippen LogP contribution in [0, 0.1) is 0 Å². The number of halogens is 1. The highest BCUT2D eigenvalue weighted by atomic mass is 127. The Bertz CT molecular complexity index is 688. The third-order valence-corrected chi connectivity index (χ3v) is 5.06. The zero-order valence-corrected chi connectivity index (χ0v) is 18.6. The quantitative estimate of drug-likeness (QED) is 0.271. The number of thiazole rings is 1. The molecule has 0 saturated carbocycles. The zero-order chi connectivity index (χ0) is 18.2. The van der Waals surface area contributed by atoms with E-state index in [9.17, 15) is 0 Å². The minimum atomic E-state index is 0. The summed E-state index contributed by atoms with van der Waals surface area (Å²) >= 11 is 1.67. The number of anilines is 1. The molecule has 0 radical (unpaired) electrons. The fourth-order valence-corrected chi connectivity index (χ4v) is 3.43. The number of nitrogens with two attached hydrogens (primary N) is 1. The molecule has 7 nitrogen and oxygen atoms in total. The van der Waals surface area contributed by atoms with Crippen molar-refractivity contribution < 1.29 is 9.47 Å². The van der Waals surface area contributed by atoms with E-state index in [1.54, 1.807) is 18.4 Å². The van der Waals surface area contributed by atoms with Gasteiger partial charge in [-0.2, -0.15) is 0 Å². The second-order valence-electron chi connectivity index (χ2n) is 5.93. The molecule has 0 aliphatic carbocycles. The van der Waals surface area contributed by atoms with Gasteiger partial charge in [0.15, 0.2) is 11.1 Å². The van der Waals surface area contributed by atoms with Crippen molar-refractivity contribution in [2.24, 2.45) is 10.7 Å². The molecule has 0 unspecified atom stereocenters. The summed E-state index contributed by atoms with van der Waals surface area (Å²) in [5, 5.41) is 3.08. The van der Waals surface area contributed by atoms with E-state index in [1.165, 1.54) is 0 Å². The molecule has 2 N–H and O–H groups in total. The number of guanidine groups is 1. The topological polar surface area (TPSA) is 76.2 Å². The van der Waals surface area contributed by atoms with Crippen LogP contribution < -0.4 is 15.4 Å². The third-order valence-electron chi connectivity index (χ3n) is 4.23. The Morgan fingerprint density at radius 2 is 1.96 bits per heavy atom. The molecule has 3 rings (SSSR count). The van der Waals surface area contributed by atoms with Crippen LogP contribution in [0.1, 0.15) is 5.56 Å². The predicted molar refractivity (Wildman–Crippen MR) is 120 cm³/mol. The number of piperazine rings is 1. The van der Waals surface area contributed by atoms with Crippen molar-refractivity contribution in [3.05, 3.63) is 41.4 Å². The Balaban J connectivity index is 0.00000261. The monoisotopic (exact) mass is 503 g/mol. The van der Waals surface area contributed by atoms with Crippen LogP contribution in [0.4, 0.5) is 5.13 Å². The fourth-order valence-electron chi connectivity index (χ4n) is 2.74. The standard InChI is InChI=1S/C18H25N5O2S.HI/c1-24-16-4-2-15(3-5-16)14-25-12-6-20-17(19)22-8-10-23(11-9-22)18-21-7-13-26-18;/h2-5,7,13H,6,8-12,14H2,1H3,(H2,19,20);1H. The molecule has 1 aliphatic heterocycles. The van der Waals surface area contributed by atoms with Crippen molar-refractivity contribution in [3.63, 3.8) is 0 Å². The first kappa shape index (κ1) is 21.7. The van der Waals surface area contributed by atoms with E-state index >= 15 is 0 Å². The SMILES string of the molecule is COc1ccc(COCCN=C(N)N2CCN(c3nccs3)CC2)cc1.I. The van der Waals surface area contributed by atoms with Gasteiger partial charge >= 0.3 is 0 Å². The number of nitrogens with zero attached hydrogens (tertiary/aromatic N) is 4. The van der Waals surface area contributed by atoms with Gasteiger partial charge in [0.2, 0.25) is 0 Å². The molecule has 0 atom stereocenters. The van der Waals surface area contributed by atoms with Gasteiger partial charge in [0.05, 0.1) is 26.9 Å². The summed E-state index contributed by atoms with van der Waals surface area (Å²) in [4.78, 5) is 13.2. The molecule has 1 aliphatic rings. The van der Waals surface area contributed by atoms with Gasteiger partial charge in [0, 0.05) is 37.8 Å². The van der Waals surface area contributed by atoms with Gasteiger partial charge in [-0.25, -0.2) is 4.98 Å². The fraction of sp³-hybridized carbons (Fsp3) is 0.444. The predicted octanol–water partition coefficient (Wildman–Crippen LogP) is 2.42. The number of aromatic nitrogens is 1. The van der Waals surface area contributed by atoms with Crippen molar-refractivity contribution in [1.82, 2.24) is 9.88 Å². The van der Waals surface area contributed by atoms with Crippen LogP contribution >= 0.6 is 35.3 Å². The lowest BCUT2D eigenvalue weighted by molar-refractivity contribution is 0.128. The number of benzene rings is 1. The maximum atomic E-state index is 6.11. The molecule has 2 heterocycles. The van der Waals surface area contributed by atoms with E-state index in [-0.39, 0.29) is 24.0 Å². The van der Waals surface area contributed by atoms with E-state index in [1.807, 2.05) is 35.8 Å². The number of methoxy groups -OCH3 is 1. The van der Waals surface area contributed by atoms with Gasteiger partial charge in [-0.1, -0.05) is 12.1 Å². The first-order chi connectivity index (χ1) is 12.8. The van der Waals surface area contributed by atoms with Gasteiger partial charge in [0.25, 0.3) is 0 Å². The van der Waals surface area contributed by atoms with Gasteiger partial charge < -0.3 is 25.0 Å². The summed E-state index contributed by atoms with van der Waals surface area (Å²) in [7, 11) is 1.66. The van der Waals surface area contributed by atoms with E-state index < -0.39 is 0 Å². The van der Waals surface area contributed by atoms with Crippen LogP contribution in [0.2, 0.25) is 0 Å². The Labute approximate surface area is 181 Å². The average molecular weight is 503 g/mol. The largest absolute Gasteiger partial charge is 0.497 e. The van der Waals surface area contributed by atoms with Crippen molar-refractivity contribution in [3.8, 4) is 5.75 Å². The first-order valence-electron chi connectivity index (χ1n) is 8.66. The number of hydrogen-bond donors (Lipinski definition) is 1. The summed E-state index contributed by atoms with van der Waals surface area (Å²) in [5.74, 6) is 1.44. The maximum Gasteiger partial charge on any atom is 0.191 e. The van der Waals surface area contributed by atoms with Crippen LogP contribution in [0.15, 0.2) is 40.8 Å². The van der Waals surface area contributed by atoms with Crippen LogP contribution in [0.25, 0.3) is 0 Å². The maximum absolute atomic E-state index is 6.11. The lowest BCUT2D eigenvalue weighted by Crippen LogP contribution is -2.51. The number of ether oxygens (including phenoxy) is 2. The molecule has 1 aromatic heterocycles. The Hall–Kier alpha value is -1.59. The first-order valence-corrected chi connectivity index (χ1v) is 9.54. The molecule has 0 bridgehead atoms. The van der Waals surface area contributed by atoms with Crippen molar-refractivity contribution >= 4 is 46.4 Å². The normalized spacial score (nSPS) is 14.8. The molecule has 0 spiro atoms. The Morgan fingerprint density at radius 3 is 2.59 bits per heavy atom. The minimum Gasteiger partial charge on any atom is -0.497 e. The second kappa shape index (κ2) is 11.3. The molecule has 9 heteroatoms. The Morgan fingerprint density at radius 1 is 1.22 bits per heavy atom. The average Bonchev–Trinajstić information content (AvgIpc) is 3.23.